The van der Waals surface area contributed by atoms with Gasteiger partial charge in [0.05, 0.1) is 25.6 Å². The minimum absolute atomic E-state index is 0.100. The standard InChI is InChI=1S/C23H26ClN5O3/c1-16-22(25-26-29(16)19-5-4-6-20(14-19)31-2)23(30)28-11-9-27(10-12-28)15-17-13-18(24)7-8-21(17)32-3/h4-8,13-14H,9-12,15H2,1-3H3. The Kier molecular flexibility index (Phi) is 6.62. The van der Waals surface area contributed by atoms with E-state index in [9.17, 15) is 4.79 Å². The zero-order valence-electron chi connectivity index (χ0n) is 18.4. The van der Waals surface area contributed by atoms with E-state index in [4.69, 9.17) is 21.1 Å². The molecule has 8 nitrogen and oxygen atoms in total. The molecule has 9 heteroatoms. The number of aromatic nitrogens is 3. The van der Waals surface area contributed by atoms with Crippen LogP contribution in [-0.2, 0) is 6.54 Å². The second-order valence-electron chi connectivity index (χ2n) is 7.66. The van der Waals surface area contributed by atoms with Crippen LogP contribution in [0.2, 0.25) is 5.02 Å². The first-order valence-corrected chi connectivity index (χ1v) is 10.8. The summed E-state index contributed by atoms with van der Waals surface area (Å²) in [5.41, 5.74) is 2.91. The van der Waals surface area contributed by atoms with E-state index < -0.39 is 0 Å². The van der Waals surface area contributed by atoms with Gasteiger partial charge < -0.3 is 14.4 Å². The average Bonchev–Trinajstić information content (AvgIpc) is 3.20. The number of piperazine rings is 1. The molecule has 32 heavy (non-hydrogen) atoms. The minimum Gasteiger partial charge on any atom is -0.497 e. The van der Waals surface area contributed by atoms with E-state index in [-0.39, 0.29) is 5.91 Å². The summed E-state index contributed by atoms with van der Waals surface area (Å²) in [6, 6.07) is 13.1. The average molecular weight is 456 g/mol. The number of halogens is 1. The van der Waals surface area contributed by atoms with Gasteiger partial charge in [-0.2, -0.15) is 0 Å². The highest BCUT2D eigenvalue weighted by Crippen LogP contribution is 2.25. The van der Waals surface area contributed by atoms with Crippen molar-refractivity contribution in [3.63, 3.8) is 0 Å². The third kappa shape index (κ3) is 4.56. The van der Waals surface area contributed by atoms with Crippen LogP contribution in [0.3, 0.4) is 0 Å². The molecule has 3 aromatic rings. The molecule has 1 amide bonds. The third-order valence-electron chi connectivity index (χ3n) is 5.69. The summed E-state index contributed by atoms with van der Waals surface area (Å²) >= 11 is 6.15. The van der Waals surface area contributed by atoms with Gasteiger partial charge in [-0.3, -0.25) is 9.69 Å². The zero-order valence-corrected chi connectivity index (χ0v) is 19.2. The maximum atomic E-state index is 13.1. The summed E-state index contributed by atoms with van der Waals surface area (Å²) in [6.45, 7) is 5.32. The summed E-state index contributed by atoms with van der Waals surface area (Å²) in [7, 11) is 3.27. The van der Waals surface area contributed by atoms with Crippen LogP contribution >= 0.6 is 11.6 Å². The molecule has 0 unspecified atom stereocenters. The Morgan fingerprint density at radius 1 is 1.06 bits per heavy atom. The molecule has 0 atom stereocenters. The maximum Gasteiger partial charge on any atom is 0.276 e. The molecular formula is C23H26ClN5O3. The van der Waals surface area contributed by atoms with Crippen LogP contribution in [0.25, 0.3) is 5.69 Å². The van der Waals surface area contributed by atoms with Crippen LogP contribution < -0.4 is 9.47 Å². The summed E-state index contributed by atoms with van der Waals surface area (Å²) in [5, 5.41) is 9.06. The number of hydrogen-bond acceptors (Lipinski definition) is 6. The van der Waals surface area contributed by atoms with E-state index in [1.165, 1.54) is 0 Å². The van der Waals surface area contributed by atoms with E-state index in [1.54, 1.807) is 18.9 Å². The molecular weight excluding hydrogens is 430 g/mol. The van der Waals surface area contributed by atoms with Crippen LogP contribution in [0.4, 0.5) is 0 Å². The van der Waals surface area contributed by atoms with E-state index >= 15 is 0 Å². The summed E-state index contributed by atoms with van der Waals surface area (Å²) in [4.78, 5) is 17.2. The van der Waals surface area contributed by atoms with Crippen LogP contribution in [0.5, 0.6) is 11.5 Å². The van der Waals surface area contributed by atoms with Crippen molar-refractivity contribution in [1.82, 2.24) is 24.8 Å². The van der Waals surface area contributed by atoms with E-state index in [1.807, 2.05) is 54.3 Å². The lowest BCUT2D eigenvalue weighted by atomic mass is 10.1. The molecule has 0 radical (unpaired) electrons. The second-order valence-corrected chi connectivity index (χ2v) is 8.10. The molecule has 4 rings (SSSR count). The number of carbonyl (C=O) groups is 1. The Morgan fingerprint density at radius 3 is 2.56 bits per heavy atom. The molecule has 2 aromatic carbocycles. The predicted molar refractivity (Wildman–Crippen MR) is 122 cm³/mol. The van der Waals surface area contributed by atoms with Crippen LogP contribution in [0, 0.1) is 6.92 Å². The number of ether oxygens (including phenoxy) is 2. The number of rotatable bonds is 6. The molecule has 168 valence electrons. The topological polar surface area (TPSA) is 72.7 Å². The lowest BCUT2D eigenvalue weighted by Gasteiger charge is -2.34. The molecule has 2 heterocycles. The molecule has 1 aromatic heterocycles. The summed E-state index contributed by atoms with van der Waals surface area (Å²) in [6.07, 6.45) is 0. The SMILES string of the molecule is COc1cccc(-n2nnc(C(=O)N3CCN(Cc4cc(Cl)ccc4OC)CC3)c2C)c1. The van der Waals surface area contributed by atoms with E-state index in [0.29, 0.717) is 29.5 Å². The highest BCUT2D eigenvalue weighted by atomic mass is 35.5. The van der Waals surface area contributed by atoms with Gasteiger partial charge in [0.2, 0.25) is 0 Å². The van der Waals surface area contributed by atoms with Crippen LogP contribution in [0.15, 0.2) is 42.5 Å². The van der Waals surface area contributed by atoms with Crippen LogP contribution in [-0.4, -0.2) is 71.1 Å². The summed E-state index contributed by atoms with van der Waals surface area (Å²) in [5.74, 6) is 1.44. The van der Waals surface area contributed by atoms with Gasteiger partial charge in [0.25, 0.3) is 5.91 Å². The van der Waals surface area contributed by atoms with E-state index in [0.717, 1.165) is 42.4 Å². The Labute approximate surface area is 192 Å². The molecule has 1 fully saturated rings. The first-order chi connectivity index (χ1) is 15.5. The van der Waals surface area contributed by atoms with Gasteiger partial charge in [-0.1, -0.05) is 22.9 Å². The fourth-order valence-electron chi connectivity index (χ4n) is 3.88. The largest absolute Gasteiger partial charge is 0.497 e. The number of methoxy groups -OCH3 is 2. The van der Waals surface area contributed by atoms with Crippen molar-refractivity contribution >= 4 is 17.5 Å². The number of carbonyl (C=O) groups excluding carboxylic acids is 1. The smallest absolute Gasteiger partial charge is 0.276 e. The lowest BCUT2D eigenvalue weighted by Crippen LogP contribution is -2.48. The first-order valence-electron chi connectivity index (χ1n) is 10.4. The Hall–Kier alpha value is -3.10. The molecule has 0 saturated carbocycles. The molecule has 0 N–H and O–H groups in total. The van der Waals surface area contributed by atoms with Crippen molar-refractivity contribution in [2.24, 2.45) is 0 Å². The van der Waals surface area contributed by atoms with Gasteiger partial charge in [0.1, 0.15) is 11.5 Å². The molecule has 1 saturated heterocycles. The van der Waals surface area contributed by atoms with Gasteiger partial charge >= 0.3 is 0 Å². The van der Waals surface area contributed by atoms with Crippen molar-refractivity contribution in [3.8, 4) is 17.2 Å². The number of nitrogens with zero attached hydrogens (tertiary/aromatic N) is 5. The molecule has 0 spiro atoms. The van der Waals surface area contributed by atoms with E-state index in [2.05, 4.69) is 15.2 Å². The monoisotopic (exact) mass is 455 g/mol. The molecule has 0 aliphatic carbocycles. The molecule has 1 aliphatic heterocycles. The van der Waals surface area contributed by atoms with Crippen molar-refractivity contribution in [2.75, 3.05) is 40.4 Å². The quantitative estimate of drug-likeness (QED) is 0.568. The number of hydrogen-bond donors (Lipinski definition) is 0. The maximum absolute atomic E-state index is 13.1. The highest BCUT2D eigenvalue weighted by Gasteiger charge is 2.27. The Balaban J connectivity index is 1.42. The Bertz CT molecular complexity index is 1110. The fourth-order valence-corrected chi connectivity index (χ4v) is 4.08. The van der Waals surface area contributed by atoms with Crippen molar-refractivity contribution in [2.45, 2.75) is 13.5 Å². The second kappa shape index (κ2) is 9.58. The first kappa shape index (κ1) is 22.1. The van der Waals surface area contributed by atoms with Crippen LogP contribution in [0.1, 0.15) is 21.7 Å². The molecule has 0 bridgehead atoms. The Morgan fingerprint density at radius 2 is 1.84 bits per heavy atom. The van der Waals surface area contributed by atoms with Crippen molar-refractivity contribution in [3.05, 3.63) is 64.4 Å². The van der Waals surface area contributed by atoms with Crippen molar-refractivity contribution < 1.29 is 14.3 Å². The van der Waals surface area contributed by atoms with Gasteiger partial charge in [-0.15, -0.1) is 5.10 Å². The van der Waals surface area contributed by atoms with Gasteiger partial charge in [0, 0.05) is 49.4 Å². The number of amides is 1. The zero-order chi connectivity index (χ0) is 22.7. The van der Waals surface area contributed by atoms with Gasteiger partial charge in [0.15, 0.2) is 5.69 Å². The summed E-state index contributed by atoms with van der Waals surface area (Å²) < 4.78 is 12.4. The normalized spacial score (nSPS) is 14.4. The van der Waals surface area contributed by atoms with Gasteiger partial charge in [-0.25, -0.2) is 4.68 Å². The highest BCUT2D eigenvalue weighted by molar-refractivity contribution is 6.30. The van der Waals surface area contributed by atoms with Crippen molar-refractivity contribution in [1.29, 1.82) is 0 Å². The minimum atomic E-state index is -0.100. The third-order valence-corrected chi connectivity index (χ3v) is 5.93. The predicted octanol–water partition coefficient (Wildman–Crippen LogP) is 3.20. The molecule has 1 aliphatic rings. The van der Waals surface area contributed by atoms with Gasteiger partial charge in [-0.05, 0) is 37.3 Å². The fraction of sp³-hybridized carbons (Fsp3) is 0.348. The lowest BCUT2D eigenvalue weighted by molar-refractivity contribution is 0.0621. The number of benzene rings is 2.